The number of carboxylic acid groups (broad SMARTS) is 1. The largest absolute Gasteiger partial charge is 0.493 e. The minimum absolute atomic E-state index is 0.0666. The van der Waals surface area contributed by atoms with Crippen molar-refractivity contribution in [3.8, 4) is 34.4 Å². The van der Waals surface area contributed by atoms with Crippen molar-refractivity contribution in [1.82, 2.24) is 14.8 Å². The smallest absolute Gasteiger partial charge is 0.326 e. The normalized spacial score (nSPS) is 15.1. The molecule has 54 heavy (non-hydrogen) atoms. The summed E-state index contributed by atoms with van der Waals surface area (Å²) in [6.45, 7) is 6.36. The number of nitrogens with zero attached hydrogens (tertiary/aromatic N) is 4. The molecule has 3 aromatic carbocycles. The Kier molecular flexibility index (Phi) is 13.1. The van der Waals surface area contributed by atoms with E-state index in [0.717, 1.165) is 33.6 Å². The molecule has 1 aromatic heterocycles. The number of likely N-dealkylation sites (N-methyl/N-ethyl adjacent to an activating group) is 1. The molecule has 1 aliphatic heterocycles. The van der Waals surface area contributed by atoms with E-state index in [1.807, 2.05) is 50.2 Å². The van der Waals surface area contributed by atoms with Gasteiger partial charge in [0.05, 0.1) is 30.3 Å². The lowest BCUT2D eigenvalue weighted by atomic mass is 9.93. The average Bonchev–Trinajstić information content (AvgIpc) is 3.51. The van der Waals surface area contributed by atoms with Crippen molar-refractivity contribution in [3.63, 3.8) is 0 Å². The van der Waals surface area contributed by atoms with Crippen LogP contribution >= 0.6 is 11.6 Å². The number of likely N-dealkylation sites (tertiary alicyclic amines) is 1. The summed E-state index contributed by atoms with van der Waals surface area (Å²) in [6.07, 6.45) is 3.60. The number of ether oxygens (including phenoxy) is 3. The quantitative estimate of drug-likeness (QED) is 0.105. The van der Waals surface area contributed by atoms with Gasteiger partial charge < -0.3 is 24.4 Å². The molecule has 5 rings (SSSR count). The lowest BCUT2D eigenvalue weighted by Crippen LogP contribution is -2.52. The molecule has 1 fully saturated rings. The van der Waals surface area contributed by atoms with Gasteiger partial charge in [0.25, 0.3) is 5.92 Å². The van der Waals surface area contributed by atoms with E-state index in [1.165, 1.54) is 18.0 Å². The lowest BCUT2D eigenvalue weighted by Gasteiger charge is -2.33. The average molecular weight is 763 g/mol. The highest BCUT2D eigenvalue weighted by molar-refractivity contribution is 6.32. The SMILES string of the molecule is Cc1c(COc2cc(OCc3cncc(C#N)c3)c(CN(C)C(C)(CO)C(=O)O)cc2Cl)cccc1-c1cccc(OCCCN2CCC(F)(F)C2)c1C. The third kappa shape index (κ3) is 9.65. The molecule has 286 valence electrons. The zero-order valence-corrected chi connectivity index (χ0v) is 31.6. The predicted molar refractivity (Wildman–Crippen MR) is 201 cm³/mol. The molecule has 0 bridgehead atoms. The second-order valence-electron chi connectivity index (χ2n) is 13.9. The Morgan fingerprint density at radius 1 is 1.02 bits per heavy atom. The number of aliphatic carboxylic acids is 1. The first-order valence-corrected chi connectivity index (χ1v) is 18.0. The van der Waals surface area contributed by atoms with E-state index in [9.17, 15) is 29.1 Å². The zero-order valence-electron chi connectivity index (χ0n) is 30.9. The molecule has 2 N–H and O–H groups in total. The monoisotopic (exact) mass is 762 g/mol. The van der Waals surface area contributed by atoms with Crippen molar-refractivity contribution in [3.05, 3.63) is 105 Å². The van der Waals surface area contributed by atoms with E-state index < -0.39 is 24.0 Å². The van der Waals surface area contributed by atoms with Gasteiger partial charge >= 0.3 is 5.97 Å². The van der Waals surface area contributed by atoms with Gasteiger partial charge in [0, 0.05) is 55.6 Å². The Bertz CT molecular complexity index is 2010. The maximum Gasteiger partial charge on any atom is 0.326 e. The van der Waals surface area contributed by atoms with E-state index in [4.69, 9.17) is 25.8 Å². The molecule has 13 heteroatoms. The van der Waals surface area contributed by atoms with Gasteiger partial charge in [-0.1, -0.05) is 41.9 Å². The maximum atomic E-state index is 13.6. The molecule has 0 saturated carbocycles. The van der Waals surface area contributed by atoms with Gasteiger partial charge in [-0.15, -0.1) is 0 Å². The van der Waals surface area contributed by atoms with Gasteiger partial charge in [0.2, 0.25) is 0 Å². The van der Waals surface area contributed by atoms with Gasteiger partial charge in [-0.3, -0.25) is 19.6 Å². The van der Waals surface area contributed by atoms with Gasteiger partial charge in [-0.2, -0.15) is 5.26 Å². The third-order valence-corrected chi connectivity index (χ3v) is 10.3. The number of benzene rings is 3. The van der Waals surface area contributed by atoms with Crippen molar-refractivity contribution in [2.75, 3.05) is 39.9 Å². The van der Waals surface area contributed by atoms with Crippen LogP contribution in [-0.2, 0) is 24.6 Å². The summed E-state index contributed by atoms with van der Waals surface area (Å²) < 4.78 is 45.7. The highest BCUT2D eigenvalue weighted by Crippen LogP contribution is 2.37. The molecule has 1 saturated heterocycles. The number of hydrogen-bond donors (Lipinski definition) is 2. The van der Waals surface area contributed by atoms with Crippen molar-refractivity contribution in [1.29, 1.82) is 5.26 Å². The first-order chi connectivity index (χ1) is 25.7. The van der Waals surface area contributed by atoms with Crippen LogP contribution in [0.1, 0.15) is 53.1 Å². The molecule has 0 amide bonds. The maximum absolute atomic E-state index is 13.6. The minimum Gasteiger partial charge on any atom is -0.493 e. The molecule has 1 unspecified atom stereocenters. The Morgan fingerprint density at radius 3 is 2.43 bits per heavy atom. The highest BCUT2D eigenvalue weighted by atomic mass is 35.5. The molecular formula is C41H45ClF2N4O6. The summed E-state index contributed by atoms with van der Waals surface area (Å²) in [5.41, 5.74) is 4.93. The van der Waals surface area contributed by atoms with E-state index >= 15 is 0 Å². The summed E-state index contributed by atoms with van der Waals surface area (Å²) in [6, 6.07) is 18.9. The number of aromatic nitrogens is 1. The number of carboxylic acids is 1. The van der Waals surface area contributed by atoms with Crippen LogP contribution in [0.3, 0.4) is 0 Å². The summed E-state index contributed by atoms with van der Waals surface area (Å²) in [5.74, 6) is -2.32. The van der Waals surface area contributed by atoms with Crippen molar-refractivity contribution < 1.29 is 38.0 Å². The number of carbonyl (C=O) groups is 1. The van der Waals surface area contributed by atoms with Crippen LogP contribution in [0.5, 0.6) is 17.2 Å². The molecule has 1 aliphatic rings. The van der Waals surface area contributed by atoms with E-state index in [-0.39, 0.29) is 37.7 Å². The zero-order chi connectivity index (χ0) is 39.0. The molecule has 10 nitrogen and oxygen atoms in total. The van der Waals surface area contributed by atoms with Crippen LogP contribution in [-0.4, -0.2) is 82.3 Å². The number of aliphatic hydroxyl groups excluding tert-OH is 1. The molecule has 1 atom stereocenters. The number of nitriles is 1. The summed E-state index contributed by atoms with van der Waals surface area (Å²) in [5, 5.41) is 29.3. The van der Waals surface area contributed by atoms with Crippen LogP contribution in [0.15, 0.2) is 67.0 Å². The lowest BCUT2D eigenvalue weighted by molar-refractivity contribution is -0.152. The second kappa shape index (κ2) is 17.6. The number of hydrogen-bond acceptors (Lipinski definition) is 9. The van der Waals surface area contributed by atoms with Crippen molar-refractivity contribution >= 4 is 17.6 Å². The summed E-state index contributed by atoms with van der Waals surface area (Å²) in [4.78, 5) is 19.4. The fourth-order valence-electron chi connectivity index (χ4n) is 6.33. The van der Waals surface area contributed by atoms with E-state index in [0.29, 0.717) is 54.3 Å². The first-order valence-electron chi connectivity index (χ1n) is 17.6. The standard InChI is InChI=1S/C41H45ClF2N4O6/c1-27-31(8-5-9-33(27)34-10-6-11-36(28(34)2)52-15-7-13-48-14-12-41(43,44)25-48)24-54-38-18-37(53-23-30-16-29(19-45)20-46-21-30)32(17-35(38)42)22-47(4)40(3,26-49)39(50)51/h5-6,8-11,16-18,20-21,49H,7,12-15,22-26H2,1-4H3,(H,50,51). The van der Waals surface area contributed by atoms with Crippen LogP contribution in [0.25, 0.3) is 11.1 Å². The van der Waals surface area contributed by atoms with Crippen LogP contribution in [0.4, 0.5) is 8.78 Å². The first kappa shape index (κ1) is 40.4. The Balaban J connectivity index is 1.33. The number of pyridine rings is 1. The number of rotatable bonds is 17. The fourth-order valence-corrected chi connectivity index (χ4v) is 6.57. The Hall–Kier alpha value is -4.80. The number of aliphatic hydroxyl groups is 1. The Morgan fingerprint density at radius 2 is 1.74 bits per heavy atom. The topological polar surface area (TPSA) is 128 Å². The molecular weight excluding hydrogens is 718 g/mol. The molecule has 0 radical (unpaired) electrons. The van der Waals surface area contributed by atoms with Gasteiger partial charge in [0.15, 0.2) is 0 Å². The highest BCUT2D eigenvalue weighted by Gasteiger charge is 2.38. The number of halogens is 3. The molecule has 0 spiro atoms. The fraction of sp³-hybridized carbons (Fsp3) is 0.390. The predicted octanol–water partition coefficient (Wildman–Crippen LogP) is 7.43. The van der Waals surface area contributed by atoms with Crippen LogP contribution in [0.2, 0.25) is 5.02 Å². The summed E-state index contributed by atoms with van der Waals surface area (Å²) >= 11 is 6.76. The van der Waals surface area contributed by atoms with Crippen LogP contribution < -0.4 is 14.2 Å². The van der Waals surface area contributed by atoms with E-state index in [2.05, 4.69) is 11.1 Å². The Labute approximate surface area is 319 Å². The van der Waals surface area contributed by atoms with Gasteiger partial charge in [0.1, 0.15) is 42.1 Å². The number of alkyl halides is 2. The van der Waals surface area contributed by atoms with E-state index in [1.54, 1.807) is 36.3 Å². The van der Waals surface area contributed by atoms with Gasteiger partial charge in [-0.25, -0.2) is 8.78 Å². The second-order valence-corrected chi connectivity index (χ2v) is 14.3. The van der Waals surface area contributed by atoms with Gasteiger partial charge in [-0.05, 0) is 80.3 Å². The molecule has 0 aliphatic carbocycles. The molecule has 2 heterocycles. The van der Waals surface area contributed by atoms with Crippen molar-refractivity contribution in [2.45, 2.75) is 64.8 Å². The third-order valence-electron chi connectivity index (χ3n) is 9.98. The summed E-state index contributed by atoms with van der Waals surface area (Å²) in [7, 11) is 1.59. The van der Waals surface area contributed by atoms with Crippen molar-refractivity contribution in [2.24, 2.45) is 0 Å². The molecule has 4 aromatic rings. The minimum atomic E-state index is -2.60. The van der Waals surface area contributed by atoms with Crippen LogP contribution in [0, 0.1) is 25.2 Å².